The van der Waals surface area contributed by atoms with Crippen molar-refractivity contribution in [3.63, 3.8) is 0 Å². The highest BCUT2D eigenvalue weighted by Gasteiger charge is 2.17. The lowest BCUT2D eigenvalue weighted by Gasteiger charge is -2.18. The summed E-state index contributed by atoms with van der Waals surface area (Å²) in [6, 6.07) is 18.0. The second-order valence-electron chi connectivity index (χ2n) is 4.24. The van der Waals surface area contributed by atoms with Crippen molar-refractivity contribution < 1.29 is 4.74 Å². The number of rotatable bonds is 4. The van der Waals surface area contributed by atoms with Gasteiger partial charge in [-0.1, -0.05) is 47.7 Å². The van der Waals surface area contributed by atoms with E-state index in [1.54, 1.807) is 0 Å². The largest absolute Gasteiger partial charge is 0.352 e. The van der Waals surface area contributed by atoms with E-state index in [2.05, 4.69) is 10.3 Å². The maximum atomic E-state index is 5.84. The first-order valence-electron chi connectivity index (χ1n) is 6.36. The minimum absolute atomic E-state index is 0.237. The highest BCUT2D eigenvalue weighted by molar-refractivity contribution is 5.74. The number of hydrogen-bond donors (Lipinski definition) is 0. The molecule has 0 N–H and O–H groups in total. The van der Waals surface area contributed by atoms with E-state index >= 15 is 0 Å². The molecule has 2 aromatic carbocycles. The van der Waals surface area contributed by atoms with Crippen molar-refractivity contribution in [2.24, 2.45) is 0 Å². The van der Waals surface area contributed by atoms with Crippen molar-refractivity contribution in [1.82, 2.24) is 15.0 Å². The molecule has 3 aromatic rings. The van der Waals surface area contributed by atoms with Crippen LogP contribution in [-0.2, 0) is 4.74 Å². The molecule has 0 fully saturated rings. The van der Waals surface area contributed by atoms with Crippen LogP contribution in [0.5, 0.6) is 0 Å². The highest BCUT2D eigenvalue weighted by atomic mass is 16.5. The first-order chi connectivity index (χ1) is 9.40. The van der Waals surface area contributed by atoms with Crippen LogP contribution in [-0.4, -0.2) is 21.6 Å². The van der Waals surface area contributed by atoms with Gasteiger partial charge in [-0.3, -0.25) is 0 Å². The first kappa shape index (κ1) is 11.9. The van der Waals surface area contributed by atoms with Gasteiger partial charge >= 0.3 is 0 Å². The van der Waals surface area contributed by atoms with Crippen LogP contribution in [0, 0.1) is 0 Å². The highest BCUT2D eigenvalue weighted by Crippen LogP contribution is 2.23. The standard InChI is InChI=1S/C15H15N3O/c1-2-19-15(12-8-4-3-5-9-12)18-14-11-7-6-10-13(14)16-17-18/h3-11,15H,2H2,1H3. The Hall–Kier alpha value is -2.20. The van der Waals surface area contributed by atoms with Gasteiger partial charge in [0.05, 0.1) is 5.52 Å². The third kappa shape index (κ3) is 2.22. The summed E-state index contributed by atoms with van der Waals surface area (Å²) in [5.74, 6) is 0. The fourth-order valence-corrected chi connectivity index (χ4v) is 2.14. The number of hydrogen-bond acceptors (Lipinski definition) is 3. The molecule has 0 amide bonds. The van der Waals surface area contributed by atoms with Crippen LogP contribution < -0.4 is 0 Å². The van der Waals surface area contributed by atoms with Crippen molar-refractivity contribution in [3.8, 4) is 0 Å². The Morgan fingerprint density at radius 1 is 1.05 bits per heavy atom. The summed E-state index contributed by atoms with van der Waals surface area (Å²) < 4.78 is 7.67. The van der Waals surface area contributed by atoms with E-state index in [9.17, 15) is 0 Å². The molecule has 0 radical (unpaired) electrons. The van der Waals surface area contributed by atoms with Gasteiger partial charge in [-0.15, -0.1) is 5.10 Å². The SMILES string of the molecule is CCOC(c1ccccc1)n1nnc2ccccc21. The zero-order valence-corrected chi connectivity index (χ0v) is 10.7. The van der Waals surface area contributed by atoms with E-state index < -0.39 is 0 Å². The molecule has 0 saturated heterocycles. The third-order valence-electron chi connectivity index (χ3n) is 3.01. The molecule has 0 saturated carbocycles. The molecule has 19 heavy (non-hydrogen) atoms. The lowest BCUT2D eigenvalue weighted by atomic mass is 10.2. The number of nitrogens with zero attached hydrogens (tertiary/aromatic N) is 3. The van der Waals surface area contributed by atoms with E-state index in [0.717, 1.165) is 16.6 Å². The van der Waals surface area contributed by atoms with Crippen LogP contribution in [0.2, 0.25) is 0 Å². The van der Waals surface area contributed by atoms with Crippen molar-refractivity contribution in [2.45, 2.75) is 13.2 Å². The van der Waals surface area contributed by atoms with Gasteiger partial charge < -0.3 is 4.74 Å². The molecule has 0 bridgehead atoms. The predicted molar refractivity (Wildman–Crippen MR) is 73.7 cm³/mol. The molecule has 96 valence electrons. The molecular formula is C15H15N3O. The van der Waals surface area contributed by atoms with Crippen molar-refractivity contribution >= 4 is 11.0 Å². The normalized spacial score (nSPS) is 12.7. The third-order valence-corrected chi connectivity index (χ3v) is 3.01. The zero-order chi connectivity index (χ0) is 13.1. The lowest BCUT2D eigenvalue weighted by molar-refractivity contribution is 0.0341. The van der Waals surface area contributed by atoms with Crippen LogP contribution >= 0.6 is 0 Å². The van der Waals surface area contributed by atoms with Gasteiger partial charge in [0.15, 0.2) is 6.23 Å². The van der Waals surface area contributed by atoms with Crippen LogP contribution in [0.25, 0.3) is 11.0 Å². The minimum atomic E-state index is -0.237. The molecule has 1 unspecified atom stereocenters. The summed E-state index contributed by atoms with van der Waals surface area (Å²) in [5.41, 5.74) is 2.92. The van der Waals surface area contributed by atoms with E-state index in [-0.39, 0.29) is 6.23 Å². The first-order valence-corrected chi connectivity index (χ1v) is 6.36. The maximum Gasteiger partial charge on any atom is 0.178 e. The smallest absolute Gasteiger partial charge is 0.178 e. The molecule has 0 spiro atoms. The van der Waals surface area contributed by atoms with Gasteiger partial charge in [0.1, 0.15) is 5.52 Å². The number of fused-ring (bicyclic) bond motifs is 1. The van der Waals surface area contributed by atoms with Crippen LogP contribution in [0.4, 0.5) is 0 Å². The summed E-state index contributed by atoms with van der Waals surface area (Å²) >= 11 is 0. The molecule has 4 heteroatoms. The Balaban J connectivity index is 2.10. The molecule has 0 aliphatic heterocycles. The quantitative estimate of drug-likeness (QED) is 0.717. The molecule has 0 aliphatic rings. The Labute approximate surface area is 111 Å². The van der Waals surface area contributed by atoms with Gasteiger partial charge in [-0.2, -0.15) is 0 Å². The number of benzene rings is 2. The Bertz CT molecular complexity index is 663. The fraction of sp³-hybridized carbons (Fsp3) is 0.200. The van der Waals surface area contributed by atoms with E-state index in [4.69, 9.17) is 4.74 Å². The van der Waals surface area contributed by atoms with Crippen LogP contribution in [0.1, 0.15) is 18.7 Å². The van der Waals surface area contributed by atoms with E-state index in [0.29, 0.717) is 6.61 Å². The van der Waals surface area contributed by atoms with Crippen molar-refractivity contribution in [1.29, 1.82) is 0 Å². The Morgan fingerprint density at radius 3 is 2.58 bits per heavy atom. The summed E-state index contributed by atoms with van der Waals surface area (Å²) in [4.78, 5) is 0. The van der Waals surface area contributed by atoms with Gasteiger partial charge in [-0.25, -0.2) is 4.68 Å². The minimum Gasteiger partial charge on any atom is -0.352 e. The fourth-order valence-electron chi connectivity index (χ4n) is 2.14. The van der Waals surface area contributed by atoms with Gasteiger partial charge in [-0.05, 0) is 19.1 Å². The second-order valence-corrected chi connectivity index (χ2v) is 4.24. The van der Waals surface area contributed by atoms with Crippen LogP contribution in [0.3, 0.4) is 0 Å². The van der Waals surface area contributed by atoms with Crippen molar-refractivity contribution in [2.75, 3.05) is 6.61 Å². The maximum absolute atomic E-state index is 5.84. The molecule has 1 aromatic heterocycles. The van der Waals surface area contributed by atoms with E-state index in [1.165, 1.54) is 0 Å². The van der Waals surface area contributed by atoms with Gasteiger partial charge in [0.2, 0.25) is 0 Å². The molecular weight excluding hydrogens is 238 g/mol. The molecule has 0 aliphatic carbocycles. The van der Waals surface area contributed by atoms with Crippen LogP contribution in [0.15, 0.2) is 54.6 Å². The topological polar surface area (TPSA) is 39.9 Å². The van der Waals surface area contributed by atoms with E-state index in [1.807, 2.05) is 66.2 Å². The molecule has 3 rings (SSSR count). The average Bonchev–Trinajstić information content (AvgIpc) is 2.89. The predicted octanol–water partition coefficient (Wildman–Crippen LogP) is 3.01. The zero-order valence-electron chi connectivity index (χ0n) is 10.7. The summed E-state index contributed by atoms with van der Waals surface area (Å²) in [6.45, 7) is 2.60. The van der Waals surface area contributed by atoms with Gasteiger partial charge in [0, 0.05) is 12.2 Å². The molecule has 1 heterocycles. The average molecular weight is 253 g/mol. The molecule has 1 atom stereocenters. The Morgan fingerprint density at radius 2 is 1.79 bits per heavy atom. The van der Waals surface area contributed by atoms with Crippen molar-refractivity contribution in [3.05, 3.63) is 60.2 Å². The molecule has 4 nitrogen and oxygen atoms in total. The Kier molecular flexibility index (Phi) is 3.25. The monoisotopic (exact) mass is 253 g/mol. The second kappa shape index (κ2) is 5.20. The number of aromatic nitrogens is 3. The van der Waals surface area contributed by atoms with Gasteiger partial charge in [0.25, 0.3) is 0 Å². The number of para-hydroxylation sites is 1. The summed E-state index contributed by atoms with van der Waals surface area (Å²) in [5, 5.41) is 8.41. The summed E-state index contributed by atoms with van der Waals surface area (Å²) in [7, 11) is 0. The number of ether oxygens (including phenoxy) is 1. The summed E-state index contributed by atoms with van der Waals surface area (Å²) in [6.07, 6.45) is -0.237. The lowest BCUT2D eigenvalue weighted by Crippen LogP contribution is -2.15.